The predicted octanol–water partition coefficient (Wildman–Crippen LogP) is 2.06. The Kier molecular flexibility index (Phi) is 2.63. The first-order valence-corrected chi connectivity index (χ1v) is 6.29. The van der Waals surface area contributed by atoms with Gasteiger partial charge in [-0.05, 0) is 44.7 Å². The van der Waals surface area contributed by atoms with Crippen LogP contribution in [0.5, 0.6) is 0 Å². The number of piperidine rings is 1. The number of likely N-dealkylation sites (tertiary alicyclic amines) is 2. The van der Waals surface area contributed by atoms with Crippen molar-refractivity contribution in [2.24, 2.45) is 10.8 Å². The average molecular weight is 210 g/mol. The number of hydrogen-bond acceptors (Lipinski definition) is 2. The van der Waals surface area contributed by atoms with Gasteiger partial charge in [-0.2, -0.15) is 0 Å². The summed E-state index contributed by atoms with van der Waals surface area (Å²) in [4.78, 5) is 5.17. The zero-order chi connectivity index (χ0) is 11.3. The number of hydrogen-bond donors (Lipinski definition) is 0. The lowest BCUT2D eigenvalue weighted by molar-refractivity contribution is 0.0234. The molecule has 0 aliphatic carbocycles. The Hall–Kier alpha value is -0.0800. The first-order valence-electron chi connectivity index (χ1n) is 6.29. The van der Waals surface area contributed by atoms with Crippen molar-refractivity contribution in [2.45, 2.75) is 40.2 Å². The van der Waals surface area contributed by atoms with E-state index in [1.165, 1.54) is 32.6 Å². The Morgan fingerprint density at radius 1 is 1.00 bits per heavy atom. The molecule has 0 N–H and O–H groups in total. The third-order valence-corrected chi connectivity index (χ3v) is 4.96. The van der Waals surface area contributed by atoms with E-state index in [4.69, 9.17) is 0 Å². The van der Waals surface area contributed by atoms with Gasteiger partial charge in [0.1, 0.15) is 0 Å². The molecule has 0 spiro atoms. The highest BCUT2D eigenvalue weighted by molar-refractivity contribution is 5.06. The van der Waals surface area contributed by atoms with Crippen LogP contribution in [0.1, 0.15) is 34.1 Å². The van der Waals surface area contributed by atoms with Crippen molar-refractivity contribution in [2.75, 3.05) is 33.2 Å². The summed E-state index contributed by atoms with van der Waals surface area (Å²) in [6, 6.07) is 0.703. The molecule has 2 rings (SSSR count). The first-order chi connectivity index (χ1) is 6.86. The molecule has 2 heterocycles. The molecule has 2 aliphatic heterocycles. The molecule has 88 valence electrons. The molecule has 0 aromatic heterocycles. The second kappa shape index (κ2) is 3.46. The van der Waals surface area contributed by atoms with Gasteiger partial charge in [-0.15, -0.1) is 0 Å². The van der Waals surface area contributed by atoms with Crippen LogP contribution >= 0.6 is 0 Å². The fourth-order valence-corrected chi connectivity index (χ4v) is 3.43. The summed E-state index contributed by atoms with van der Waals surface area (Å²) in [7, 11) is 2.27. The molecule has 15 heavy (non-hydrogen) atoms. The molecule has 2 nitrogen and oxygen atoms in total. The van der Waals surface area contributed by atoms with Gasteiger partial charge in [0.2, 0.25) is 0 Å². The summed E-state index contributed by atoms with van der Waals surface area (Å²) in [6.45, 7) is 14.8. The molecule has 2 saturated heterocycles. The number of rotatable bonds is 1. The maximum Gasteiger partial charge on any atom is 0.00562 e. The van der Waals surface area contributed by atoms with Gasteiger partial charge in [-0.25, -0.2) is 0 Å². The second-order valence-electron chi connectivity index (χ2n) is 6.61. The number of fused-ring (bicyclic) bond motifs is 1. The van der Waals surface area contributed by atoms with E-state index in [1.807, 2.05) is 0 Å². The topological polar surface area (TPSA) is 6.48 Å². The van der Waals surface area contributed by atoms with Crippen LogP contribution in [0.15, 0.2) is 0 Å². The average Bonchev–Trinajstić information content (AvgIpc) is 2.38. The van der Waals surface area contributed by atoms with E-state index in [-0.39, 0.29) is 0 Å². The van der Waals surface area contributed by atoms with Crippen molar-refractivity contribution in [1.29, 1.82) is 0 Å². The van der Waals surface area contributed by atoms with E-state index in [0.717, 1.165) is 0 Å². The SMILES string of the molecule is CC(C)N1C[C@]2(C)CN(C)CC[C@]2(C)C1. The van der Waals surface area contributed by atoms with Crippen molar-refractivity contribution in [1.82, 2.24) is 9.80 Å². The third-order valence-electron chi connectivity index (χ3n) is 4.96. The lowest BCUT2D eigenvalue weighted by atomic mass is 9.64. The maximum atomic E-state index is 2.67. The lowest BCUT2D eigenvalue weighted by Crippen LogP contribution is -2.51. The molecule has 0 saturated carbocycles. The van der Waals surface area contributed by atoms with Gasteiger partial charge in [0, 0.05) is 25.7 Å². The minimum absolute atomic E-state index is 0.504. The van der Waals surface area contributed by atoms with Crippen LogP contribution in [-0.2, 0) is 0 Å². The molecule has 2 fully saturated rings. The zero-order valence-corrected chi connectivity index (χ0v) is 11.0. The highest BCUT2D eigenvalue weighted by Crippen LogP contribution is 2.51. The molecule has 0 bridgehead atoms. The fraction of sp³-hybridized carbons (Fsp3) is 1.00. The van der Waals surface area contributed by atoms with Crippen LogP contribution < -0.4 is 0 Å². The normalized spacial score (nSPS) is 43.6. The van der Waals surface area contributed by atoms with Gasteiger partial charge in [-0.1, -0.05) is 13.8 Å². The lowest BCUT2D eigenvalue weighted by Gasteiger charge is -2.47. The van der Waals surface area contributed by atoms with Crippen molar-refractivity contribution < 1.29 is 0 Å². The van der Waals surface area contributed by atoms with Gasteiger partial charge in [0.05, 0.1) is 0 Å². The smallest absolute Gasteiger partial charge is 0.00562 e. The van der Waals surface area contributed by atoms with Crippen molar-refractivity contribution in [3.05, 3.63) is 0 Å². The molecular weight excluding hydrogens is 184 g/mol. The Morgan fingerprint density at radius 3 is 2.20 bits per heavy atom. The minimum atomic E-state index is 0.504. The molecule has 0 aromatic rings. The van der Waals surface area contributed by atoms with Gasteiger partial charge >= 0.3 is 0 Å². The summed E-state index contributed by atoms with van der Waals surface area (Å²) in [5, 5.41) is 0. The Bertz CT molecular complexity index is 251. The van der Waals surface area contributed by atoms with E-state index in [9.17, 15) is 0 Å². The highest BCUT2D eigenvalue weighted by atomic mass is 15.2. The fourth-order valence-electron chi connectivity index (χ4n) is 3.43. The molecule has 0 unspecified atom stereocenters. The van der Waals surface area contributed by atoms with Crippen LogP contribution in [0.3, 0.4) is 0 Å². The summed E-state index contributed by atoms with van der Waals surface area (Å²) in [5.41, 5.74) is 1.05. The monoisotopic (exact) mass is 210 g/mol. The highest BCUT2D eigenvalue weighted by Gasteiger charge is 2.54. The summed E-state index contributed by atoms with van der Waals surface area (Å²) < 4.78 is 0. The van der Waals surface area contributed by atoms with Gasteiger partial charge in [0.25, 0.3) is 0 Å². The number of nitrogens with zero attached hydrogens (tertiary/aromatic N) is 2. The largest absolute Gasteiger partial charge is 0.306 e. The van der Waals surface area contributed by atoms with Crippen LogP contribution in [0.25, 0.3) is 0 Å². The van der Waals surface area contributed by atoms with Crippen LogP contribution in [-0.4, -0.2) is 49.1 Å². The Morgan fingerprint density at radius 2 is 1.60 bits per heavy atom. The Balaban J connectivity index is 2.20. The standard InChI is InChI=1S/C13H26N2/c1-11(2)15-9-12(3)6-7-14(5)8-13(12,4)10-15/h11H,6-10H2,1-5H3/t12-,13+/m1/s1. The molecule has 2 heteroatoms. The third kappa shape index (κ3) is 1.72. The zero-order valence-electron chi connectivity index (χ0n) is 11.0. The van der Waals surface area contributed by atoms with E-state index in [2.05, 4.69) is 44.5 Å². The van der Waals surface area contributed by atoms with Crippen molar-refractivity contribution in [3.63, 3.8) is 0 Å². The van der Waals surface area contributed by atoms with Crippen molar-refractivity contribution in [3.8, 4) is 0 Å². The first kappa shape index (κ1) is 11.4. The predicted molar refractivity (Wildman–Crippen MR) is 65.0 cm³/mol. The molecule has 0 amide bonds. The summed E-state index contributed by atoms with van der Waals surface area (Å²) in [5.74, 6) is 0. The van der Waals surface area contributed by atoms with Gasteiger partial charge in [-0.3, -0.25) is 4.90 Å². The van der Waals surface area contributed by atoms with Crippen LogP contribution in [0.4, 0.5) is 0 Å². The van der Waals surface area contributed by atoms with Crippen LogP contribution in [0.2, 0.25) is 0 Å². The van der Waals surface area contributed by atoms with Crippen molar-refractivity contribution >= 4 is 0 Å². The molecule has 0 radical (unpaired) electrons. The molecule has 2 atom stereocenters. The second-order valence-corrected chi connectivity index (χ2v) is 6.61. The van der Waals surface area contributed by atoms with E-state index in [1.54, 1.807) is 0 Å². The quantitative estimate of drug-likeness (QED) is 0.653. The molecule has 2 aliphatic rings. The van der Waals surface area contributed by atoms with E-state index >= 15 is 0 Å². The summed E-state index contributed by atoms with van der Waals surface area (Å²) >= 11 is 0. The molecule has 0 aromatic carbocycles. The van der Waals surface area contributed by atoms with Crippen LogP contribution in [0, 0.1) is 10.8 Å². The van der Waals surface area contributed by atoms with E-state index in [0.29, 0.717) is 16.9 Å². The maximum absolute atomic E-state index is 2.67. The van der Waals surface area contributed by atoms with Gasteiger partial charge < -0.3 is 4.90 Å². The molecular formula is C13H26N2. The minimum Gasteiger partial charge on any atom is -0.306 e. The van der Waals surface area contributed by atoms with Gasteiger partial charge in [0.15, 0.2) is 0 Å². The Labute approximate surface area is 94.6 Å². The summed E-state index contributed by atoms with van der Waals surface area (Å²) in [6.07, 6.45) is 1.36. The van der Waals surface area contributed by atoms with E-state index < -0.39 is 0 Å².